The fraction of sp³-hybridized carbons (Fsp3) is 0.103. The molecule has 0 spiro atoms. The molecule has 0 aromatic heterocycles. The van der Waals surface area contributed by atoms with E-state index in [-0.39, 0.29) is 12.0 Å². The van der Waals surface area contributed by atoms with Gasteiger partial charge in [0, 0.05) is 12.0 Å². The molecule has 4 aromatic carbocycles. The van der Waals surface area contributed by atoms with Crippen LogP contribution in [0.1, 0.15) is 21.5 Å². The lowest BCUT2D eigenvalue weighted by molar-refractivity contribution is -0.139. The van der Waals surface area contributed by atoms with Crippen molar-refractivity contribution in [1.82, 2.24) is 5.32 Å². The third kappa shape index (κ3) is 5.99. The third-order valence-electron chi connectivity index (χ3n) is 5.80. The van der Waals surface area contributed by atoms with Gasteiger partial charge in [-0.1, -0.05) is 78.9 Å². The number of carbonyl (C=O) groups excluding carboxylic acids is 1. The van der Waals surface area contributed by atoms with E-state index in [1.54, 1.807) is 12.1 Å². The second kappa shape index (κ2) is 10.5. The van der Waals surface area contributed by atoms with Gasteiger partial charge in [0.1, 0.15) is 6.04 Å². The number of halogens is 3. The number of nitrogens with one attached hydrogen (secondary N) is 1. The SMILES string of the molecule is O=C(N[C@H](Cc1ccc(-c2ccccc2)cc1)C(=O)O)c1ccc(-c2ccc(C(F)(F)F)cc2)cc1. The number of hydrogen-bond acceptors (Lipinski definition) is 2. The van der Waals surface area contributed by atoms with Gasteiger partial charge >= 0.3 is 12.1 Å². The molecule has 1 atom stereocenters. The molecule has 7 heteroatoms. The number of rotatable bonds is 7. The molecule has 182 valence electrons. The fourth-order valence-electron chi connectivity index (χ4n) is 3.81. The maximum atomic E-state index is 12.8. The Balaban J connectivity index is 1.42. The largest absolute Gasteiger partial charge is 0.480 e. The van der Waals surface area contributed by atoms with Crippen molar-refractivity contribution in [1.29, 1.82) is 0 Å². The van der Waals surface area contributed by atoms with Crippen molar-refractivity contribution in [3.05, 3.63) is 120 Å². The van der Waals surface area contributed by atoms with E-state index in [9.17, 15) is 27.9 Å². The zero-order chi connectivity index (χ0) is 25.7. The number of carboxylic acids is 1. The molecule has 2 N–H and O–H groups in total. The van der Waals surface area contributed by atoms with Crippen molar-refractivity contribution in [3.63, 3.8) is 0 Å². The van der Waals surface area contributed by atoms with E-state index in [2.05, 4.69) is 5.32 Å². The third-order valence-corrected chi connectivity index (χ3v) is 5.80. The van der Waals surface area contributed by atoms with Gasteiger partial charge in [0.15, 0.2) is 0 Å². The van der Waals surface area contributed by atoms with Gasteiger partial charge in [0.05, 0.1) is 5.56 Å². The lowest BCUT2D eigenvalue weighted by Crippen LogP contribution is -2.42. The minimum Gasteiger partial charge on any atom is -0.480 e. The first-order valence-corrected chi connectivity index (χ1v) is 11.2. The zero-order valence-corrected chi connectivity index (χ0v) is 19.0. The molecule has 0 aliphatic rings. The Morgan fingerprint density at radius 3 is 1.67 bits per heavy atom. The quantitative estimate of drug-likeness (QED) is 0.313. The van der Waals surface area contributed by atoms with Crippen LogP contribution in [0.2, 0.25) is 0 Å². The molecule has 36 heavy (non-hydrogen) atoms. The van der Waals surface area contributed by atoms with Crippen LogP contribution in [0.25, 0.3) is 22.3 Å². The zero-order valence-electron chi connectivity index (χ0n) is 19.0. The molecule has 1 amide bonds. The molecule has 0 aliphatic heterocycles. The second-order valence-electron chi connectivity index (χ2n) is 8.28. The fourth-order valence-corrected chi connectivity index (χ4v) is 3.81. The Morgan fingerprint density at radius 1 is 0.694 bits per heavy atom. The molecular formula is C29H22F3NO3. The number of amides is 1. The molecular weight excluding hydrogens is 467 g/mol. The van der Waals surface area contributed by atoms with Crippen molar-refractivity contribution in [2.75, 3.05) is 0 Å². The van der Waals surface area contributed by atoms with Crippen LogP contribution in [0.15, 0.2) is 103 Å². The monoisotopic (exact) mass is 489 g/mol. The Labute approximate surface area is 206 Å². The predicted molar refractivity (Wildman–Crippen MR) is 131 cm³/mol. The highest BCUT2D eigenvalue weighted by Gasteiger charge is 2.30. The molecule has 0 saturated carbocycles. The van der Waals surface area contributed by atoms with Crippen LogP contribution in [0.3, 0.4) is 0 Å². The first-order chi connectivity index (χ1) is 17.2. The average molecular weight is 489 g/mol. The average Bonchev–Trinajstić information content (AvgIpc) is 2.89. The summed E-state index contributed by atoms with van der Waals surface area (Å²) in [6, 6.07) is 27.1. The van der Waals surface area contributed by atoms with Crippen molar-refractivity contribution in [2.45, 2.75) is 18.6 Å². The number of benzene rings is 4. The van der Waals surface area contributed by atoms with Crippen LogP contribution in [-0.2, 0) is 17.4 Å². The lowest BCUT2D eigenvalue weighted by Gasteiger charge is -2.15. The van der Waals surface area contributed by atoms with Crippen LogP contribution < -0.4 is 5.32 Å². The van der Waals surface area contributed by atoms with E-state index >= 15 is 0 Å². The van der Waals surface area contributed by atoms with Crippen molar-refractivity contribution in [3.8, 4) is 22.3 Å². The van der Waals surface area contributed by atoms with Gasteiger partial charge in [0.2, 0.25) is 0 Å². The Bertz CT molecular complexity index is 1330. The summed E-state index contributed by atoms with van der Waals surface area (Å²) >= 11 is 0. The summed E-state index contributed by atoms with van der Waals surface area (Å²) in [6.45, 7) is 0. The smallest absolute Gasteiger partial charge is 0.416 e. The summed E-state index contributed by atoms with van der Waals surface area (Å²) < 4.78 is 38.3. The molecule has 0 aliphatic carbocycles. The van der Waals surface area contributed by atoms with Gasteiger partial charge in [-0.15, -0.1) is 0 Å². The molecule has 0 radical (unpaired) electrons. The Kier molecular flexibility index (Phi) is 7.20. The van der Waals surface area contributed by atoms with Crippen molar-refractivity contribution >= 4 is 11.9 Å². The Hall–Kier alpha value is -4.39. The number of hydrogen-bond donors (Lipinski definition) is 2. The molecule has 4 nitrogen and oxygen atoms in total. The minimum absolute atomic E-state index is 0.111. The summed E-state index contributed by atoms with van der Waals surface area (Å²) in [5.74, 6) is -1.71. The summed E-state index contributed by atoms with van der Waals surface area (Å²) in [7, 11) is 0. The standard InChI is InChI=1S/C29H22F3NO3/c30-29(31,32)25-16-14-23(15-17-25)22-10-12-24(13-11-22)27(34)33-26(28(35)36)18-19-6-8-21(9-7-19)20-4-2-1-3-5-20/h1-17,26H,18H2,(H,33,34)(H,35,36)/t26-/m1/s1. The lowest BCUT2D eigenvalue weighted by atomic mass is 10.00. The van der Waals surface area contributed by atoms with Gasteiger partial charge in [-0.25, -0.2) is 4.79 Å². The number of aliphatic carboxylic acids is 1. The summed E-state index contributed by atoms with van der Waals surface area (Å²) in [4.78, 5) is 24.5. The van der Waals surface area contributed by atoms with E-state index in [1.807, 2.05) is 54.6 Å². The molecule has 0 heterocycles. The van der Waals surface area contributed by atoms with Gasteiger partial charge in [-0.2, -0.15) is 13.2 Å². The van der Waals surface area contributed by atoms with E-state index in [1.165, 1.54) is 24.3 Å². The number of carbonyl (C=O) groups is 2. The van der Waals surface area contributed by atoms with Crippen LogP contribution in [0.4, 0.5) is 13.2 Å². The van der Waals surface area contributed by atoms with Crippen LogP contribution in [0, 0.1) is 0 Å². The highest BCUT2D eigenvalue weighted by atomic mass is 19.4. The van der Waals surface area contributed by atoms with E-state index in [4.69, 9.17) is 0 Å². The molecule has 0 fully saturated rings. The predicted octanol–water partition coefficient (Wildman–Crippen LogP) is 6.47. The van der Waals surface area contributed by atoms with Gasteiger partial charge in [-0.05, 0) is 52.1 Å². The first kappa shape index (κ1) is 24.7. The topological polar surface area (TPSA) is 66.4 Å². The van der Waals surface area contributed by atoms with Gasteiger partial charge < -0.3 is 10.4 Å². The normalized spacial score (nSPS) is 12.1. The van der Waals surface area contributed by atoms with Crippen LogP contribution in [0.5, 0.6) is 0 Å². The van der Waals surface area contributed by atoms with Crippen molar-refractivity contribution in [2.24, 2.45) is 0 Å². The summed E-state index contributed by atoms with van der Waals surface area (Å²) in [5, 5.41) is 12.2. The maximum absolute atomic E-state index is 12.8. The Morgan fingerprint density at radius 2 is 1.17 bits per heavy atom. The summed E-state index contributed by atoms with van der Waals surface area (Å²) in [6.07, 6.45) is -4.30. The highest BCUT2D eigenvalue weighted by Crippen LogP contribution is 2.31. The van der Waals surface area contributed by atoms with E-state index < -0.39 is 29.7 Å². The first-order valence-electron chi connectivity index (χ1n) is 11.2. The van der Waals surface area contributed by atoms with Crippen molar-refractivity contribution < 1.29 is 27.9 Å². The number of carboxylic acid groups (broad SMARTS) is 1. The maximum Gasteiger partial charge on any atom is 0.416 e. The molecule has 4 rings (SSSR count). The molecule has 0 unspecified atom stereocenters. The summed E-state index contributed by atoms with van der Waals surface area (Å²) in [5.41, 5.74) is 3.52. The van der Waals surface area contributed by atoms with E-state index in [0.717, 1.165) is 28.8 Å². The van der Waals surface area contributed by atoms with Crippen LogP contribution >= 0.6 is 0 Å². The highest BCUT2D eigenvalue weighted by molar-refractivity contribution is 5.97. The molecule has 0 saturated heterocycles. The van der Waals surface area contributed by atoms with Crippen LogP contribution in [-0.4, -0.2) is 23.0 Å². The minimum atomic E-state index is -4.41. The molecule has 4 aromatic rings. The second-order valence-corrected chi connectivity index (χ2v) is 8.28. The molecule has 0 bridgehead atoms. The van der Waals surface area contributed by atoms with Gasteiger partial charge in [-0.3, -0.25) is 4.79 Å². The number of alkyl halides is 3. The van der Waals surface area contributed by atoms with E-state index in [0.29, 0.717) is 11.1 Å². The van der Waals surface area contributed by atoms with Gasteiger partial charge in [0.25, 0.3) is 5.91 Å².